The number of nitrogens with one attached hydrogen (secondary N) is 2. The van der Waals surface area contributed by atoms with Crippen molar-refractivity contribution in [3.63, 3.8) is 0 Å². The number of aryl methyl sites for hydroxylation is 2. The number of amides is 1. The molecule has 2 aliphatic heterocycles. The van der Waals surface area contributed by atoms with Crippen LogP contribution in [0.4, 0.5) is 0 Å². The average Bonchev–Trinajstić information content (AvgIpc) is 3.46. The molecular formula is C29H30N3O10P. The van der Waals surface area contributed by atoms with E-state index in [9.17, 15) is 23.7 Å². The largest absolute Gasteiger partial charge is 0.530 e. The van der Waals surface area contributed by atoms with Crippen LogP contribution in [-0.4, -0.2) is 40.2 Å². The summed E-state index contributed by atoms with van der Waals surface area (Å²) in [4.78, 5) is 50.6. The first-order valence-corrected chi connectivity index (χ1v) is 15.0. The van der Waals surface area contributed by atoms with Crippen LogP contribution in [0.25, 0.3) is 0 Å². The molecule has 0 fully saturated rings. The Morgan fingerprint density at radius 2 is 1.95 bits per heavy atom. The molecule has 3 aromatic rings. The minimum Gasteiger partial charge on any atom is -0.425 e. The lowest BCUT2D eigenvalue weighted by atomic mass is 10.1. The van der Waals surface area contributed by atoms with Crippen molar-refractivity contribution in [3.05, 3.63) is 104 Å². The Labute approximate surface area is 246 Å². The van der Waals surface area contributed by atoms with Crippen LogP contribution in [0.3, 0.4) is 0 Å². The van der Waals surface area contributed by atoms with Crippen molar-refractivity contribution in [2.45, 2.75) is 51.7 Å². The second-order valence-corrected chi connectivity index (χ2v) is 11.6. The summed E-state index contributed by atoms with van der Waals surface area (Å²) in [6, 6.07) is 12.9. The standard InChI is InChI=1S/C29H30N3O10P/c1-18-15-32(29(36)31-27(18)34)26-13-10-23(40-26)17-39-43(37)38-16-21-14-20(8-11-24(21)42-43)9-12-25(33)30-19(2)28(35)41-22-6-4-3-5-7-22/h3-8,10-11,13-15,19,23,26H,9,12,16-17H2,1-2H3,(H,30,33)(H,31,34,36)/t19?,23-,26+,43?/m0/s1. The monoisotopic (exact) mass is 611 g/mol. The maximum absolute atomic E-state index is 13.1. The Morgan fingerprint density at radius 3 is 2.74 bits per heavy atom. The molecule has 2 aromatic carbocycles. The van der Waals surface area contributed by atoms with E-state index in [-0.39, 0.29) is 25.5 Å². The van der Waals surface area contributed by atoms with Crippen LogP contribution >= 0.6 is 7.82 Å². The van der Waals surface area contributed by atoms with Crippen LogP contribution in [0.15, 0.2) is 76.5 Å². The third kappa shape index (κ3) is 7.57. The predicted octanol–water partition coefficient (Wildman–Crippen LogP) is 3.08. The number of rotatable bonds is 10. The number of H-pyrrole nitrogens is 1. The Balaban J connectivity index is 1.08. The fourth-order valence-corrected chi connectivity index (χ4v) is 5.58. The lowest BCUT2D eigenvalue weighted by Crippen LogP contribution is -2.40. The van der Waals surface area contributed by atoms with Gasteiger partial charge in [-0.2, -0.15) is 0 Å². The van der Waals surface area contributed by atoms with Gasteiger partial charge in [0.15, 0.2) is 6.23 Å². The fraction of sp³-hybridized carbons (Fsp3) is 0.310. The average molecular weight is 612 g/mol. The van der Waals surface area contributed by atoms with Gasteiger partial charge in [-0.25, -0.2) is 14.2 Å². The van der Waals surface area contributed by atoms with E-state index >= 15 is 0 Å². The van der Waals surface area contributed by atoms with E-state index in [1.807, 2.05) is 0 Å². The van der Waals surface area contributed by atoms with Gasteiger partial charge in [0.05, 0.1) is 13.2 Å². The summed E-state index contributed by atoms with van der Waals surface area (Å²) in [7, 11) is -3.95. The molecule has 0 radical (unpaired) electrons. The highest BCUT2D eigenvalue weighted by molar-refractivity contribution is 7.49. The molecule has 43 heavy (non-hydrogen) atoms. The van der Waals surface area contributed by atoms with Gasteiger partial charge in [0, 0.05) is 23.7 Å². The first kappa shape index (κ1) is 30.2. The van der Waals surface area contributed by atoms with Gasteiger partial charge < -0.3 is 19.3 Å². The normalized spacial score (nSPS) is 21.4. The van der Waals surface area contributed by atoms with E-state index in [2.05, 4.69) is 10.3 Å². The number of carbonyl (C=O) groups excluding carboxylic acids is 2. The molecular weight excluding hydrogens is 581 g/mol. The minimum atomic E-state index is -3.95. The van der Waals surface area contributed by atoms with Crippen molar-refractivity contribution >= 4 is 19.7 Å². The van der Waals surface area contributed by atoms with Crippen LogP contribution in [0.2, 0.25) is 0 Å². The predicted molar refractivity (Wildman–Crippen MR) is 153 cm³/mol. The van der Waals surface area contributed by atoms with E-state index < -0.39 is 43.4 Å². The van der Waals surface area contributed by atoms with Gasteiger partial charge >= 0.3 is 19.5 Å². The molecule has 0 bridgehead atoms. The zero-order valence-electron chi connectivity index (χ0n) is 23.4. The van der Waals surface area contributed by atoms with Gasteiger partial charge in [0.25, 0.3) is 5.56 Å². The molecule has 226 valence electrons. The smallest absolute Gasteiger partial charge is 0.425 e. The molecule has 5 rings (SSSR count). The van der Waals surface area contributed by atoms with E-state index in [1.54, 1.807) is 74.5 Å². The van der Waals surface area contributed by atoms with Crippen LogP contribution in [0, 0.1) is 6.92 Å². The first-order chi connectivity index (χ1) is 20.6. The molecule has 2 N–H and O–H groups in total. The van der Waals surface area contributed by atoms with Crippen molar-refractivity contribution < 1.29 is 37.2 Å². The van der Waals surface area contributed by atoms with Crippen molar-refractivity contribution in [1.29, 1.82) is 0 Å². The van der Waals surface area contributed by atoms with Crippen molar-refractivity contribution in [2.75, 3.05) is 6.61 Å². The summed E-state index contributed by atoms with van der Waals surface area (Å²) < 4.78 is 41.8. The quantitative estimate of drug-likeness (QED) is 0.151. The second kappa shape index (κ2) is 12.9. The summed E-state index contributed by atoms with van der Waals surface area (Å²) in [5, 5.41) is 2.64. The minimum absolute atomic E-state index is 0.0367. The highest BCUT2D eigenvalue weighted by atomic mass is 31.2. The molecule has 0 aliphatic carbocycles. The summed E-state index contributed by atoms with van der Waals surface area (Å²) in [5.41, 5.74) is 0.719. The Morgan fingerprint density at radius 1 is 1.16 bits per heavy atom. The van der Waals surface area contributed by atoms with Gasteiger partial charge in [-0.05, 0) is 56.2 Å². The number of benzene rings is 2. The molecule has 4 atom stereocenters. The van der Waals surface area contributed by atoms with Crippen LogP contribution in [0.5, 0.6) is 11.5 Å². The molecule has 13 nitrogen and oxygen atoms in total. The summed E-state index contributed by atoms with van der Waals surface area (Å²) >= 11 is 0. The zero-order valence-corrected chi connectivity index (χ0v) is 24.3. The van der Waals surface area contributed by atoms with Gasteiger partial charge in [0.2, 0.25) is 5.91 Å². The lowest BCUT2D eigenvalue weighted by Gasteiger charge is -2.26. The number of carbonyl (C=O) groups is 2. The number of esters is 1. The third-order valence-corrected chi connectivity index (χ3v) is 8.00. The summed E-state index contributed by atoms with van der Waals surface area (Å²) in [6.07, 6.45) is 3.79. The van der Waals surface area contributed by atoms with Crippen molar-refractivity contribution in [2.24, 2.45) is 0 Å². The van der Waals surface area contributed by atoms with Gasteiger partial charge in [-0.3, -0.25) is 28.2 Å². The lowest BCUT2D eigenvalue weighted by molar-refractivity contribution is -0.138. The van der Waals surface area contributed by atoms with Gasteiger partial charge in [-0.15, -0.1) is 0 Å². The van der Waals surface area contributed by atoms with E-state index in [0.29, 0.717) is 29.0 Å². The van der Waals surface area contributed by atoms with Gasteiger partial charge in [-0.1, -0.05) is 30.3 Å². The molecule has 3 heterocycles. The molecule has 0 saturated heterocycles. The number of nitrogens with zero attached hydrogens (tertiary/aromatic N) is 1. The summed E-state index contributed by atoms with van der Waals surface area (Å²) in [6.45, 7) is 2.93. The highest BCUT2D eigenvalue weighted by Gasteiger charge is 2.36. The molecule has 2 unspecified atom stereocenters. The molecule has 1 aromatic heterocycles. The number of hydrogen-bond acceptors (Lipinski definition) is 10. The molecule has 14 heteroatoms. The van der Waals surface area contributed by atoms with E-state index in [0.717, 1.165) is 5.56 Å². The maximum atomic E-state index is 13.1. The van der Waals surface area contributed by atoms with E-state index in [4.69, 9.17) is 23.0 Å². The Bertz CT molecular complexity index is 1700. The summed E-state index contributed by atoms with van der Waals surface area (Å²) in [5.74, 6) is -0.151. The van der Waals surface area contributed by atoms with Crippen LogP contribution < -0.4 is 25.8 Å². The number of hydrogen-bond donors (Lipinski definition) is 2. The number of ether oxygens (including phenoxy) is 2. The fourth-order valence-electron chi connectivity index (χ4n) is 4.35. The first-order valence-electron chi connectivity index (χ1n) is 13.5. The number of aromatic amines is 1. The SMILES string of the molecule is Cc1cn([C@H]2C=C[C@@H](COP3(=O)OCc4cc(CCC(=O)NC(C)C(=O)Oc5ccccc5)ccc4O3)O2)c(=O)[nH]c1=O. The van der Waals surface area contributed by atoms with Crippen molar-refractivity contribution in [1.82, 2.24) is 14.9 Å². The van der Waals surface area contributed by atoms with E-state index in [1.165, 1.54) is 10.8 Å². The van der Waals surface area contributed by atoms with Crippen molar-refractivity contribution in [3.8, 4) is 11.5 Å². The van der Waals surface area contributed by atoms with Crippen LogP contribution in [0.1, 0.15) is 36.3 Å². The highest BCUT2D eigenvalue weighted by Crippen LogP contribution is 2.54. The number of phosphoric ester groups is 1. The van der Waals surface area contributed by atoms with Gasteiger partial charge in [0.1, 0.15) is 23.6 Å². The Kier molecular flexibility index (Phi) is 9.07. The second-order valence-electron chi connectivity index (χ2n) is 10.0. The van der Waals surface area contributed by atoms with Crippen LogP contribution in [-0.2, 0) is 41.0 Å². The topological polar surface area (TPSA) is 164 Å². The number of aromatic nitrogens is 2. The zero-order chi connectivity index (χ0) is 30.6. The number of para-hydroxylation sites is 1. The Hall–Kier alpha value is -4.29. The number of fused-ring (bicyclic) bond motifs is 1. The molecule has 0 saturated carbocycles. The third-order valence-electron chi connectivity index (χ3n) is 6.67. The maximum Gasteiger partial charge on any atom is 0.530 e. The molecule has 0 spiro atoms. The number of phosphoric acid groups is 1. The molecule has 2 aliphatic rings. The molecule has 1 amide bonds.